The van der Waals surface area contributed by atoms with Crippen LogP contribution in [0.3, 0.4) is 0 Å². The molecule has 1 saturated heterocycles. The number of carbonyl (C=O) groups excluding carboxylic acids is 3. The molecule has 0 aromatic carbocycles. The third kappa shape index (κ3) is 10.3. The van der Waals surface area contributed by atoms with Gasteiger partial charge in [0.05, 0.1) is 19.3 Å². The molecule has 0 saturated carbocycles. The monoisotopic (exact) mass is 432 g/mol. The number of likely N-dealkylation sites (N-methyl/N-ethyl adjacent to an activating group) is 1. The second-order valence-corrected chi connectivity index (χ2v) is 7.59. The number of aliphatic hydroxyl groups excluding tert-OH is 4. The lowest BCUT2D eigenvalue weighted by atomic mass is 10.0. The van der Waals surface area contributed by atoms with Gasteiger partial charge in [-0.05, 0) is 25.7 Å². The van der Waals surface area contributed by atoms with Crippen molar-refractivity contribution < 1.29 is 34.8 Å². The number of rotatable bonds is 13. The minimum atomic E-state index is -1.48. The largest absolute Gasteiger partial charge is 0.394 e. The molecule has 7 N–H and O–H groups in total. The highest BCUT2D eigenvalue weighted by Crippen LogP contribution is 2.10. The predicted molar refractivity (Wildman–Crippen MR) is 108 cm³/mol. The van der Waals surface area contributed by atoms with Gasteiger partial charge in [-0.3, -0.25) is 19.3 Å². The van der Waals surface area contributed by atoms with Crippen LogP contribution in [0.15, 0.2) is 0 Å². The highest BCUT2D eigenvalue weighted by molar-refractivity contribution is 5.79. The Morgan fingerprint density at radius 2 is 1.63 bits per heavy atom. The van der Waals surface area contributed by atoms with E-state index in [-0.39, 0.29) is 49.6 Å². The van der Waals surface area contributed by atoms with Crippen molar-refractivity contribution in [1.82, 2.24) is 20.9 Å². The Balaban J connectivity index is 2.11. The van der Waals surface area contributed by atoms with Crippen LogP contribution in [-0.2, 0) is 14.4 Å². The first kappa shape index (κ1) is 26.2. The van der Waals surface area contributed by atoms with Gasteiger partial charge in [0.25, 0.3) is 0 Å². The highest BCUT2D eigenvalue weighted by Gasteiger charge is 2.24. The summed E-state index contributed by atoms with van der Waals surface area (Å²) in [7, 11) is 1.61. The van der Waals surface area contributed by atoms with Gasteiger partial charge in [-0.25, -0.2) is 0 Å². The second kappa shape index (κ2) is 14.3. The first-order chi connectivity index (χ1) is 14.3. The van der Waals surface area contributed by atoms with E-state index in [1.807, 2.05) is 4.90 Å². The molecule has 1 fully saturated rings. The van der Waals surface area contributed by atoms with Crippen molar-refractivity contribution in [1.29, 1.82) is 0 Å². The fourth-order valence-electron chi connectivity index (χ4n) is 3.21. The van der Waals surface area contributed by atoms with E-state index in [0.29, 0.717) is 13.0 Å². The predicted octanol–water partition coefficient (Wildman–Crippen LogP) is -2.94. The first-order valence-electron chi connectivity index (χ1n) is 10.4. The van der Waals surface area contributed by atoms with Gasteiger partial charge in [0.1, 0.15) is 12.2 Å². The van der Waals surface area contributed by atoms with E-state index in [4.69, 9.17) is 5.11 Å². The van der Waals surface area contributed by atoms with Crippen LogP contribution in [0.1, 0.15) is 38.5 Å². The van der Waals surface area contributed by atoms with Crippen molar-refractivity contribution in [3.8, 4) is 0 Å². The highest BCUT2D eigenvalue weighted by atomic mass is 16.4. The van der Waals surface area contributed by atoms with Crippen molar-refractivity contribution in [3.63, 3.8) is 0 Å². The summed E-state index contributed by atoms with van der Waals surface area (Å²) in [6.07, 6.45) is -1.80. The van der Waals surface area contributed by atoms with Gasteiger partial charge in [0, 0.05) is 45.6 Å². The molecule has 11 heteroatoms. The van der Waals surface area contributed by atoms with Crippen LogP contribution in [0.4, 0.5) is 0 Å². The number of hydrogen-bond donors (Lipinski definition) is 7. The van der Waals surface area contributed by atoms with Crippen LogP contribution in [-0.4, -0.2) is 107 Å². The molecule has 0 aliphatic carbocycles. The Morgan fingerprint density at radius 3 is 2.23 bits per heavy atom. The molecule has 30 heavy (non-hydrogen) atoms. The van der Waals surface area contributed by atoms with Crippen LogP contribution in [0.5, 0.6) is 0 Å². The summed E-state index contributed by atoms with van der Waals surface area (Å²) in [6, 6.07) is 0.0782. The van der Waals surface area contributed by atoms with Crippen molar-refractivity contribution >= 4 is 17.7 Å². The number of likely N-dealkylation sites (tertiary alicyclic amines) is 1. The Labute approximate surface area is 176 Å². The molecule has 1 aliphatic rings. The summed E-state index contributed by atoms with van der Waals surface area (Å²) >= 11 is 0. The van der Waals surface area contributed by atoms with Gasteiger partial charge in [0.15, 0.2) is 0 Å². The van der Waals surface area contributed by atoms with Gasteiger partial charge >= 0.3 is 0 Å². The van der Waals surface area contributed by atoms with Crippen LogP contribution >= 0.6 is 0 Å². The number of carbonyl (C=O) groups is 3. The fraction of sp³-hybridized carbons (Fsp3) is 0.842. The van der Waals surface area contributed by atoms with Crippen molar-refractivity contribution in [2.45, 2.75) is 62.9 Å². The van der Waals surface area contributed by atoms with E-state index >= 15 is 0 Å². The number of aliphatic hydroxyl groups is 4. The number of nitrogens with zero attached hydrogens (tertiary/aromatic N) is 1. The molecule has 0 unspecified atom stereocenters. The zero-order valence-electron chi connectivity index (χ0n) is 17.5. The number of nitrogens with one attached hydrogen (secondary N) is 3. The summed E-state index contributed by atoms with van der Waals surface area (Å²) in [4.78, 5) is 37.3. The fourth-order valence-corrected chi connectivity index (χ4v) is 3.21. The minimum absolute atomic E-state index is 0.0239. The Bertz CT molecular complexity index is 541. The molecule has 0 aromatic rings. The molecule has 0 aromatic heterocycles. The van der Waals surface area contributed by atoms with E-state index in [0.717, 1.165) is 25.9 Å². The topological polar surface area (TPSA) is 171 Å². The summed E-state index contributed by atoms with van der Waals surface area (Å²) in [5.41, 5.74) is 0. The lowest BCUT2D eigenvalue weighted by molar-refractivity contribution is -0.124. The Kier molecular flexibility index (Phi) is 12.5. The van der Waals surface area contributed by atoms with Gasteiger partial charge in [0.2, 0.25) is 17.7 Å². The van der Waals surface area contributed by atoms with E-state index in [1.54, 1.807) is 7.05 Å². The SMILES string of the molecule is CNC(=O)CN1CCC(NC(=O)CCCC(=O)NCC[C@@H](O)[C@H](O)[C@H](O)CO)CC1. The van der Waals surface area contributed by atoms with Crippen LogP contribution in [0, 0.1) is 0 Å². The second-order valence-electron chi connectivity index (χ2n) is 7.59. The third-order valence-corrected chi connectivity index (χ3v) is 5.14. The Hall–Kier alpha value is -1.79. The number of hydrogen-bond acceptors (Lipinski definition) is 8. The van der Waals surface area contributed by atoms with Crippen LogP contribution in [0.2, 0.25) is 0 Å². The van der Waals surface area contributed by atoms with Gasteiger partial charge in [-0.15, -0.1) is 0 Å². The standard InChI is InChI=1S/C19H36N4O7/c1-20-18(29)11-23-9-6-13(7-10-23)22-17(28)4-2-3-16(27)21-8-5-14(25)19(30)15(26)12-24/h13-15,19,24-26,30H,2-12H2,1H3,(H,20,29)(H,21,27)(H,22,28)/t14-,15-,19+/m1/s1. The van der Waals surface area contributed by atoms with Crippen molar-refractivity contribution in [2.75, 3.05) is 39.8 Å². The van der Waals surface area contributed by atoms with Crippen molar-refractivity contribution in [3.05, 3.63) is 0 Å². The van der Waals surface area contributed by atoms with E-state index in [2.05, 4.69) is 16.0 Å². The van der Waals surface area contributed by atoms with Gasteiger partial charge in [-0.2, -0.15) is 0 Å². The maximum atomic E-state index is 12.0. The average Bonchev–Trinajstić information content (AvgIpc) is 2.73. The molecule has 0 bridgehead atoms. The van der Waals surface area contributed by atoms with Gasteiger partial charge < -0.3 is 36.4 Å². The molecule has 0 radical (unpaired) electrons. The molecule has 11 nitrogen and oxygen atoms in total. The summed E-state index contributed by atoms with van der Waals surface area (Å²) in [5.74, 6) is -0.400. The van der Waals surface area contributed by atoms with Crippen molar-refractivity contribution in [2.24, 2.45) is 0 Å². The Morgan fingerprint density at radius 1 is 1.00 bits per heavy atom. The molecular weight excluding hydrogens is 396 g/mol. The zero-order chi connectivity index (χ0) is 22.5. The van der Waals surface area contributed by atoms with Crippen LogP contribution in [0.25, 0.3) is 0 Å². The maximum Gasteiger partial charge on any atom is 0.233 e. The molecule has 174 valence electrons. The molecule has 1 heterocycles. The minimum Gasteiger partial charge on any atom is -0.394 e. The lowest BCUT2D eigenvalue weighted by Crippen LogP contribution is -2.47. The molecule has 3 atom stereocenters. The average molecular weight is 433 g/mol. The third-order valence-electron chi connectivity index (χ3n) is 5.14. The summed E-state index contributed by atoms with van der Waals surface area (Å²) in [6.45, 7) is 1.30. The summed E-state index contributed by atoms with van der Waals surface area (Å²) < 4.78 is 0. The van der Waals surface area contributed by atoms with Gasteiger partial charge in [-0.1, -0.05) is 0 Å². The molecular formula is C19H36N4O7. The molecule has 3 amide bonds. The normalized spacial score (nSPS) is 18.3. The van der Waals surface area contributed by atoms with E-state index in [9.17, 15) is 29.7 Å². The summed E-state index contributed by atoms with van der Waals surface area (Å²) in [5, 5.41) is 45.3. The van der Waals surface area contributed by atoms with E-state index < -0.39 is 24.9 Å². The number of amides is 3. The van der Waals surface area contributed by atoms with E-state index in [1.165, 1.54) is 0 Å². The maximum absolute atomic E-state index is 12.0. The molecule has 1 aliphatic heterocycles. The van der Waals surface area contributed by atoms with Crippen LogP contribution < -0.4 is 16.0 Å². The quantitative estimate of drug-likeness (QED) is 0.162. The smallest absolute Gasteiger partial charge is 0.233 e. The lowest BCUT2D eigenvalue weighted by Gasteiger charge is -2.31. The molecule has 1 rings (SSSR count). The zero-order valence-corrected chi connectivity index (χ0v) is 17.5. The number of piperidine rings is 1. The first-order valence-corrected chi connectivity index (χ1v) is 10.4. The molecule has 0 spiro atoms.